The topological polar surface area (TPSA) is 64.4 Å². The monoisotopic (exact) mass is 268 g/mol. The number of hydrogen-bond acceptors (Lipinski definition) is 3. The van der Waals surface area contributed by atoms with E-state index < -0.39 is 5.82 Å². The molecule has 1 aromatic rings. The molecule has 1 amide bonds. The van der Waals surface area contributed by atoms with Crippen LogP contribution in [0.15, 0.2) is 18.2 Å². The maximum Gasteiger partial charge on any atom is 0.224 e. The van der Waals surface area contributed by atoms with Crippen LogP contribution in [0, 0.1) is 5.82 Å². The molecule has 0 bridgehead atoms. The van der Waals surface area contributed by atoms with Crippen molar-refractivity contribution >= 4 is 11.6 Å². The maximum atomic E-state index is 13.2. The van der Waals surface area contributed by atoms with Crippen molar-refractivity contribution in [2.75, 3.05) is 5.32 Å². The number of ether oxygens (including phenoxy) is 1. The molecule has 5 heteroatoms. The number of anilines is 1. The molecule has 1 unspecified atom stereocenters. The SMILES string of the molecule is CC(N)CCC(=O)Nc1cc(F)ccc1OC(C)C. The molecule has 1 atom stereocenters. The number of carbonyl (C=O) groups excluding carboxylic acids is 1. The van der Waals surface area contributed by atoms with Gasteiger partial charge in [-0.05, 0) is 39.3 Å². The van der Waals surface area contributed by atoms with Crippen molar-refractivity contribution < 1.29 is 13.9 Å². The molecule has 0 aromatic heterocycles. The van der Waals surface area contributed by atoms with Crippen LogP contribution in [0.25, 0.3) is 0 Å². The van der Waals surface area contributed by atoms with E-state index in [1.54, 1.807) is 0 Å². The third-order valence-electron chi connectivity index (χ3n) is 2.41. The normalized spacial score (nSPS) is 12.3. The van der Waals surface area contributed by atoms with Gasteiger partial charge in [-0.15, -0.1) is 0 Å². The maximum absolute atomic E-state index is 13.2. The second-order valence-corrected chi connectivity index (χ2v) is 4.87. The molecule has 0 aliphatic rings. The molecule has 4 nitrogen and oxygen atoms in total. The fourth-order valence-electron chi connectivity index (χ4n) is 1.53. The number of hydrogen-bond donors (Lipinski definition) is 2. The molecule has 19 heavy (non-hydrogen) atoms. The Bertz CT molecular complexity index is 433. The predicted molar refractivity (Wildman–Crippen MR) is 73.7 cm³/mol. The number of amides is 1. The van der Waals surface area contributed by atoms with Gasteiger partial charge in [0.05, 0.1) is 11.8 Å². The Balaban J connectivity index is 2.74. The van der Waals surface area contributed by atoms with Crippen LogP contribution in [0.3, 0.4) is 0 Å². The van der Waals surface area contributed by atoms with Gasteiger partial charge in [-0.3, -0.25) is 4.79 Å². The summed E-state index contributed by atoms with van der Waals surface area (Å²) in [5.74, 6) is -0.152. The molecule has 3 N–H and O–H groups in total. The van der Waals surface area contributed by atoms with Crippen molar-refractivity contribution in [2.24, 2.45) is 5.73 Å². The van der Waals surface area contributed by atoms with E-state index in [9.17, 15) is 9.18 Å². The van der Waals surface area contributed by atoms with Crippen LogP contribution in [-0.4, -0.2) is 18.1 Å². The average molecular weight is 268 g/mol. The first-order valence-electron chi connectivity index (χ1n) is 6.40. The van der Waals surface area contributed by atoms with E-state index in [1.807, 2.05) is 20.8 Å². The number of rotatable bonds is 6. The van der Waals surface area contributed by atoms with Gasteiger partial charge in [0.15, 0.2) is 0 Å². The first-order chi connectivity index (χ1) is 8.88. The molecule has 0 aliphatic heterocycles. The van der Waals surface area contributed by atoms with E-state index in [2.05, 4.69) is 5.32 Å². The molecule has 0 heterocycles. The molecule has 1 aromatic carbocycles. The summed E-state index contributed by atoms with van der Waals surface area (Å²) in [6.45, 7) is 5.57. The molecular formula is C14H21FN2O2. The minimum absolute atomic E-state index is 0.0374. The Morgan fingerprint density at radius 3 is 2.68 bits per heavy atom. The smallest absolute Gasteiger partial charge is 0.224 e. The number of carbonyl (C=O) groups is 1. The highest BCUT2D eigenvalue weighted by atomic mass is 19.1. The highest BCUT2D eigenvalue weighted by molar-refractivity contribution is 5.92. The quantitative estimate of drug-likeness (QED) is 0.833. The lowest BCUT2D eigenvalue weighted by Gasteiger charge is -2.15. The van der Waals surface area contributed by atoms with Crippen molar-refractivity contribution in [2.45, 2.75) is 45.8 Å². The molecule has 0 fully saturated rings. The standard InChI is InChI=1S/C14H21FN2O2/c1-9(2)19-13-6-5-11(15)8-12(13)17-14(18)7-4-10(3)16/h5-6,8-10H,4,7,16H2,1-3H3,(H,17,18). The second-order valence-electron chi connectivity index (χ2n) is 4.87. The van der Waals surface area contributed by atoms with Gasteiger partial charge in [-0.25, -0.2) is 4.39 Å². The average Bonchev–Trinajstić information content (AvgIpc) is 2.29. The largest absolute Gasteiger partial charge is 0.489 e. The van der Waals surface area contributed by atoms with Gasteiger partial charge in [-0.1, -0.05) is 0 Å². The van der Waals surface area contributed by atoms with E-state index in [1.165, 1.54) is 18.2 Å². The number of nitrogens with one attached hydrogen (secondary N) is 1. The van der Waals surface area contributed by atoms with Crippen molar-refractivity contribution in [3.63, 3.8) is 0 Å². The van der Waals surface area contributed by atoms with Gasteiger partial charge in [0, 0.05) is 18.5 Å². The summed E-state index contributed by atoms with van der Waals surface area (Å²) in [5, 5.41) is 2.65. The second kappa shape index (κ2) is 7.09. The first kappa shape index (κ1) is 15.4. The van der Waals surface area contributed by atoms with Gasteiger partial charge in [0.1, 0.15) is 11.6 Å². The summed E-state index contributed by atoms with van der Waals surface area (Å²) in [6.07, 6.45) is 0.835. The van der Waals surface area contributed by atoms with E-state index in [4.69, 9.17) is 10.5 Å². The van der Waals surface area contributed by atoms with E-state index in [0.717, 1.165) is 0 Å². The molecule has 0 saturated carbocycles. The minimum Gasteiger partial charge on any atom is -0.489 e. The third kappa shape index (κ3) is 5.70. The Morgan fingerprint density at radius 2 is 2.11 bits per heavy atom. The minimum atomic E-state index is -0.418. The lowest BCUT2D eigenvalue weighted by Crippen LogP contribution is -2.20. The van der Waals surface area contributed by atoms with Crippen molar-refractivity contribution in [1.82, 2.24) is 0 Å². The Morgan fingerprint density at radius 1 is 1.42 bits per heavy atom. The lowest BCUT2D eigenvalue weighted by atomic mass is 10.2. The lowest BCUT2D eigenvalue weighted by molar-refractivity contribution is -0.116. The summed E-state index contributed by atoms with van der Waals surface area (Å²) in [6, 6.07) is 4.03. The summed E-state index contributed by atoms with van der Waals surface area (Å²) in [5.41, 5.74) is 5.94. The van der Waals surface area contributed by atoms with Crippen molar-refractivity contribution in [3.8, 4) is 5.75 Å². The zero-order valence-electron chi connectivity index (χ0n) is 11.6. The fourth-order valence-corrected chi connectivity index (χ4v) is 1.53. The van der Waals surface area contributed by atoms with Crippen LogP contribution < -0.4 is 15.8 Å². The number of nitrogens with two attached hydrogens (primary N) is 1. The highest BCUT2D eigenvalue weighted by Crippen LogP contribution is 2.26. The van der Waals surface area contributed by atoms with Crippen LogP contribution in [0.4, 0.5) is 10.1 Å². The van der Waals surface area contributed by atoms with Crippen molar-refractivity contribution in [1.29, 1.82) is 0 Å². The van der Waals surface area contributed by atoms with Crippen LogP contribution in [0.1, 0.15) is 33.6 Å². The number of benzene rings is 1. The predicted octanol–water partition coefficient (Wildman–Crippen LogP) is 2.68. The van der Waals surface area contributed by atoms with Gasteiger partial charge in [0.2, 0.25) is 5.91 Å². The molecule has 0 spiro atoms. The molecule has 0 saturated heterocycles. The summed E-state index contributed by atoms with van der Waals surface area (Å²) in [4.78, 5) is 11.7. The Labute approximate surface area is 113 Å². The van der Waals surface area contributed by atoms with Gasteiger partial charge in [-0.2, -0.15) is 0 Å². The van der Waals surface area contributed by atoms with Gasteiger partial charge < -0.3 is 15.8 Å². The van der Waals surface area contributed by atoms with E-state index in [-0.39, 0.29) is 18.1 Å². The van der Waals surface area contributed by atoms with Crippen LogP contribution in [0.2, 0.25) is 0 Å². The highest BCUT2D eigenvalue weighted by Gasteiger charge is 2.11. The third-order valence-corrected chi connectivity index (χ3v) is 2.41. The first-order valence-corrected chi connectivity index (χ1v) is 6.40. The van der Waals surface area contributed by atoms with Gasteiger partial charge >= 0.3 is 0 Å². The summed E-state index contributed by atoms with van der Waals surface area (Å²) in [7, 11) is 0. The summed E-state index contributed by atoms with van der Waals surface area (Å²) < 4.78 is 18.7. The zero-order valence-corrected chi connectivity index (χ0v) is 11.6. The fraction of sp³-hybridized carbons (Fsp3) is 0.500. The van der Waals surface area contributed by atoms with Gasteiger partial charge in [0.25, 0.3) is 0 Å². The van der Waals surface area contributed by atoms with E-state index in [0.29, 0.717) is 24.3 Å². The Kier molecular flexibility index (Phi) is 5.76. The zero-order chi connectivity index (χ0) is 14.4. The molecule has 106 valence electrons. The van der Waals surface area contributed by atoms with Crippen LogP contribution in [-0.2, 0) is 4.79 Å². The van der Waals surface area contributed by atoms with Crippen LogP contribution in [0.5, 0.6) is 5.75 Å². The van der Waals surface area contributed by atoms with Crippen LogP contribution >= 0.6 is 0 Å². The molecule has 0 aliphatic carbocycles. The summed E-state index contributed by atoms with van der Waals surface area (Å²) >= 11 is 0. The van der Waals surface area contributed by atoms with E-state index >= 15 is 0 Å². The van der Waals surface area contributed by atoms with Crippen molar-refractivity contribution in [3.05, 3.63) is 24.0 Å². The molecular weight excluding hydrogens is 247 g/mol. The Hall–Kier alpha value is -1.62. The molecule has 1 rings (SSSR count). The molecule has 0 radical (unpaired) electrons. The number of halogens is 1.